The minimum absolute atomic E-state index is 0.0148. The fraction of sp³-hybridized carbons (Fsp3) is 0.290. The van der Waals surface area contributed by atoms with Crippen LogP contribution >= 0.6 is 0 Å². The average molecular weight is 736 g/mol. The fourth-order valence-electron chi connectivity index (χ4n) is 5.16. The SMILES string of the molecule is CN=c1ccc2c(-c3cc(C(=O)CCCOCCOCCNC(=O)OC)ccc3C(=O)O)c3ccc(N)c(S(=O)(=O)O)c3oc-2c1S(=O)(=O)O. The lowest BCUT2D eigenvalue weighted by atomic mass is 9.88. The van der Waals surface area contributed by atoms with Crippen molar-refractivity contribution in [3.63, 3.8) is 0 Å². The minimum atomic E-state index is -5.13. The number of carboxylic acid groups (broad SMARTS) is 1. The first-order chi connectivity index (χ1) is 23.6. The summed E-state index contributed by atoms with van der Waals surface area (Å²) in [4.78, 5) is 38.8. The Morgan fingerprint density at radius 3 is 2.20 bits per heavy atom. The number of anilines is 1. The maximum atomic E-state index is 13.3. The van der Waals surface area contributed by atoms with Gasteiger partial charge in [0.25, 0.3) is 20.2 Å². The molecule has 1 amide bonds. The number of methoxy groups -OCH3 is 1. The molecule has 0 aromatic heterocycles. The highest BCUT2D eigenvalue weighted by molar-refractivity contribution is 7.86. The molecule has 0 spiro atoms. The number of hydrogen-bond donors (Lipinski definition) is 5. The highest BCUT2D eigenvalue weighted by atomic mass is 32.2. The smallest absolute Gasteiger partial charge is 0.406 e. The van der Waals surface area contributed by atoms with E-state index in [1.165, 1.54) is 44.5 Å². The molecule has 1 aliphatic carbocycles. The van der Waals surface area contributed by atoms with E-state index in [1.54, 1.807) is 0 Å². The van der Waals surface area contributed by atoms with Crippen LogP contribution in [0, 0.1) is 0 Å². The van der Waals surface area contributed by atoms with Gasteiger partial charge in [0.05, 0.1) is 43.5 Å². The van der Waals surface area contributed by atoms with Crippen LogP contribution in [0.25, 0.3) is 33.4 Å². The highest BCUT2D eigenvalue weighted by Crippen LogP contribution is 2.46. The van der Waals surface area contributed by atoms with Gasteiger partial charge in [-0.2, -0.15) is 16.8 Å². The van der Waals surface area contributed by atoms with Gasteiger partial charge in [-0.1, -0.05) is 6.07 Å². The van der Waals surface area contributed by atoms with E-state index < -0.39 is 64.9 Å². The Kier molecular flexibility index (Phi) is 11.9. The predicted octanol–water partition coefficient (Wildman–Crippen LogP) is 2.86. The molecular weight excluding hydrogens is 702 g/mol. The quantitative estimate of drug-likeness (QED) is 0.0386. The van der Waals surface area contributed by atoms with Crippen molar-refractivity contribution < 1.29 is 64.1 Å². The molecule has 50 heavy (non-hydrogen) atoms. The molecule has 1 heterocycles. The van der Waals surface area contributed by atoms with Crippen molar-refractivity contribution in [1.82, 2.24) is 5.32 Å². The molecule has 268 valence electrons. The van der Waals surface area contributed by atoms with Gasteiger partial charge in [0.15, 0.2) is 26.9 Å². The summed E-state index contributed by atoms with van der Waals surface area (Å²) in [6.07, 6.45) is -0.309. The zero-order valence-corrected chi connectivity index (χ0v) is 28.3. The molecule has 2 aromatic carbocycles. The number of nitrogens with two attached hydrogens (primary N) is 1. The summed E-state index contributed by atoms with van der Waals surface area (Å²) in [5.41, 5.74) is 4.12. The maximum Gasteiger partial charge on any atom is 0.406 e. The molecule has 0 radical (unpaired) electrons. The van der Waals surface area contributed by atoms with Gasteiger partial charge in [0.2, 0.25) is 0 Å². The molecule has 0 unspecified atom stereocenters. The second-order valence-electron chi connectivity index (χ2n) is 10.5. The van der Waals surface area contributed by atoms with Crippen molar-refractivity contribution in [2.45, 2.75) is 22.6 Å². The third-order valence-corrected chi connectivity index (χ3v) is 9.19. The van der Waals surface area contributed by atoms with Gasteiger partial charge < -0.3 is 34.8 Å². The summed E-state index contributed by atoms with van der Waals surface area (Å²) in [6, 6.07) is 8.65. The standard InChI is InChI=1S/C31H33N3O14S2/c1-33-23-10-8-20-25(19-7-9-22(32)28(49(39,40)41)26(19)48-27(20)29(23)50(42,43)44)21-16-17(5-6-18(21)30(36)37)24(35)4-3-12-46-14-15-47-13-11-34-31(38)45-2/h5-10,16H,3-4,11-15,32H2,1-2H3,(H,34,38)(H,36,37)(H,39,40,41)(H,42,43,44). The van der Waals surface area contributed by atoms with Crippen LogP contribution in [-0.2, 0) is 34.4 Å². The van der Waals surface area contributed by atoms with Crippen LogP contribution in [0.5, 0.6) is 0 Å². The molecule has 4 rings (SSSR count). The van der Waals surface area contributed by atoms with Crippen molar-refractivity contribution in [3.8, 4) is 22.5 Å². The number of amides is 1. The van der Waals surface area contributed by atoms with E-state index in [9.17, 15) is 45.4 Å². The second-order valence-corrected chi connectivity index (χ2v) is 13.3. The Morgan fingerprint density at radius 2 is 1.58 bits per heavy atom. The lowest BCUT2D eigenvalue weighted by Crippen LogP contribution is -2.27. The number of ketones is 1. The number of nitrogens with zero attached hydrogens (tertiary/aromatic N) is 1. The topological polar surface area (TPSA) is 271 Å². The Hall–Kier alpha value is -4.92. The molecule has 19 heteroatoms. The maximum absolute atomic E-state index is 13.3. The number of carbonyl (C=O) groups excluding carboxylic acids is 2. The summed E-state index contributed by atoms with van der Waals surface area (Å²) in [5.74, 6) is -2.47. The molecule has 0 saturated carbocycles. The zero-order valence-electron chi connectivity index (χ0n) is 26.7. The van der Waals surface area contributed by atoms with Gasteiger partial charge in [0, 0.05) is 48.7 Å². The van der Waals surface area contributed by atoms with Gasteiger partial charge in [-0.25, -0.2) is 9.59 Å². The first-order valence-electron chi connectivity index (χ1n) is 14.7. The Labute approximate surface area is 285 Å². The first-order valence-corrected chi connectivity index (χ1v) is 17.6. The van der Waals surface area contributed by atoms with Gasteiger partial charge >= 0.3 is 12.1 Å². The number of ether oxygens (including phenoxy) is 3. The van der Waals surface area contributed by atoms with Crippen LogP contribution in [0.3, 0.4) is 0 Å². The highest BCUT2D eigenvalue weighted by Gasteiger charge is 2.32. The second kappa shape index (κ2) is 15.7. The fourth-order valence-corrected chi connectivity index (χ4v) is 6.73. The third kappa shape index (κ3) is 8.44. The lowest BCUT2D eigenvalue weighted by Gasteiger charge is -2.20. The van der Waals surface area contributed by atoms with E-state index >= 15 is 0 Å². The lowest BCUT2D eigenvalue weighted by molar-refractivity contribution is 0.0469. The van der Waals surface area contributed by atoms with Crippen molar-refractivity contribution in [2.75, 3.05) is 52.9 Å². The van der Waals surface area contributed by atoms with Crippen LogP contribution in [0.15, 0.2) is 61.7 Å². The Balaban J connectivity index is 1.75. The number of benzene rings is 3. The predicted molar refractivity (Wildman–Crippen MR) is 176 cm³/mol. The molecular formula is C31H33N3O14S2. The number of nitrogen functional groups attached to an aromatic ring is 1. The van der Waals surface area contributed by atoms with E-state index in [0.717, 1.165) is 12.1 Å². The van der Waals surface area contributed by atoms with Crippen LogP contribution in [0.1, 0.15) is 33.6 Å². The minimum Gasteiger partial charge on any atom is -0.478 e. The van der Waals surface area contributed by atoms with E-state index in [2.05, 4.69) is 15.0 Å². The number of alkyl carbamates (subject to hydrolysis) is 1. The third-order valence-electron chi connectivity index (χ3n) is 7.34. The number of aromatic carboxylic acids is 1. The summed E-state index contributed by atoms with van der Waals surface area (Å²) < 4.78 is 91.5. The summed E-state index contributed by atoms with van der Waals surface area (Å²) >= 11 is 0. The van der Waals surface area contributed by atoms with Crippen LogP contribution in [0.2, 0.25) is 0 Å². The van der Waals surface area contributed by atoms with Crippen molar-refractivity contribution in [2.24, 2.45) is 4.99 Å². The monoisotopic (exact) mass is 735 g/mol. The van der Waals surface area contributed by atoms with Crippen LogP contribution < -0.4 is 16.4 Å². The molecule has 0 saturated heterocycles. The first kappa shape index (κ1) is 37.9. The Morgan fingerprint density at radius 1 is 0.900 bits per heavy atom. The van der Waals surface area contributed by atoms with Gasteiger partial charge in [-0.05, 0) is 48.4 Å². The molecule has 2 aliphatic rings. The molecule has 17 nitrogen and oxygen atoms in total. The van der Waals surface area contributed by atoms with Crippen LogP contribution in [-0.4, -0.2) is 96.0 Å². The van der Waals surface area contributed by atoms with Crippen molar-refractivity contribution in [1.29, 1.82) is 0 Å². The van der Waals surface area contributed by atoms with Gasteiger partial charge in [0.1, 0.15) is 0 Å². The molecule has 0 atom stereocenters. The van der Waals surface area contributed by atoms with E-state index in [1.807, 2.05) is 0 Å². The van der Waals surface area contributed by atoms with Crippen LogP contribution in [0.4, 0.5) is 10.5 Å². The van der Waals surface area contributed by atoms with E-state index in [4.69, 9.17) is 19.6 Å². The molecule has 2 aromatic rings. The average Bonchev–Trinajstić information content (AvgIpc) is 3.05. The largest absolute Gasteiger partial charge is 0.478 e. The number of rotatable bonds is 15. The summed E-state index contributed by atoms with van der Waals surface area (Å²) in [7, 11) is -7.78. The molecule has 0 fully saturated rings. The number of fused-ring (bicyclic) bond motifs is 2. The number of Topliss-reactive ketones (excluding diaryl/α,β-unsaturated/α-hetero) is 1. The zero-order chi connectivity index (χ0) is 36.8. The van der Waals surface area contributed by atoms with Crippen molar-refractivity contribution in [3.05, 3.63) is 58.9 Å². The summed E-state index contributed by atoms with van der Waals surface area (Å²) in [6.45, 7) is 1.13. The number of nitrogens with one attached hydrogen (secondary N) is 1. The van der Waals surface area contributed by atoms with Gasteiger partial charge in [-0.15, -0.1) is 0 Å². The number of carbonyl (C=O) groups is 3. The normalized spacial score (nSPS) is 12.4. The van der Waals surface area contributed by atoms with Gasteiger partial charge in [-0.3, -0.25) is 18.9 Å². The number of hydrogen-bond acceptors (Lipinski definition) is 13. The van der Waals surface area contributed by atoms with E-state index in [0.29, 0.717) is 0 Å². The van der Waals surface area contributed by atoms with E-state index in [-0.39, 0.29) is 84.4 Å². The van der Waals surface area contributed by atoms with Crippen molar-refractivity contribution >= 4 is 54.7 Å². The Bertz CT molecular complexity index is 2210. The molecule has 6 N–H and O–H groups in total. The summed E-state index contributed by atoms with van der Waals surface area (Å²) in [5, 5.41) is 12.2. The molecule has 0 bridgehead atoms. The number of carboxylic acids is 1. The molecule has 1 aliphatic heterocycles.